The third-order valence-corrected chi connectivity index (χ3v) is 4.67. The van der Waals surface area contributed by atoms with Gasteiger partial charge in [0.25, 0.3) is 0 Å². The Morgan fingerprint density at radius 3 is 2.72 bits per heavy atom. The van der Waals surface area contributed by atoms with Crippen LogP contribution in [0.25, 0.3) is 11.0 Å². The molecule has 0 aliphatic carbocycles. The van der Waals surface area contributed by atoms with Crippen molar-refractivity contribution in [1.82, 2.24) is 9.55 Å². The normalized spacial score (nSPS) is 10.5. The fourth-order valence-electron chi connectivity index (χ4n) is 2.44. The minimum absolute atomic E-state index is 0. The van der Waals surface area contributed by atoms with Crippen LogP contribution >= 0.6 is 35.8 Å². The van der Waals surface area contributed by atoms with Crippen LogP contribution in [0.2, 0.25) is 5.02 Å². The van der Waals surface area contributed by atoms with E-state index in [2.05, 4.69) is 21.7 Å². The monoisotopic (exact) mass is 396 g/mol. The third kappa shape index (κ3) is 4.91. The van der Waals surface area contributed by atoms with E-state index < -0.39 is 0 Å². The second-order valence-corrected chi connectivity index (χ2v) is 6.57. The zero-order valence-electron chi connectivity index (χ0n) is 13.6. The van der Waals surface area contributed by atoms with Crippen molar-refractivity contribution < 1.29 is 9.53 Å². The van der Waals surface area contributed by atoms with Crippen molar-refractivity contribution in [2.75, 3.05) is 12.4 Å². The number of ether oxygens (including phenoxy) is 1. The molecule has 2 aromatic carbocycles. The number of halogens is 2. The number of thioether (sulfide) groups is 1. The molecule has 0 fully saturated rings. The van der Waals surface area contributed by atoms with E-state index in [4.69, 9.17) is 16.3 Å². The molecule has 25 heavy (non-hydrogen) atoms. The van der Waals surface area contributed by atoms with E-state index in [1.165, 1.54) is 17.3 Å². The Labute approximate surface area is 161 Å². The zero-order chi connectivity index (χ0) is 16.9. The predicted molar refractivity (Wildman–Crippen MR) is 105 cm³/mol. The van der Waals surface area contributed by atoms with Crippen molar-refractivity contribution >= 4 is 52.8 Å². The lowest BCUT2D eigenvalue weighted by atomic mass is 10.2. The van der Waals surface area contributed by atoms with Crippen LogP contribution in [0, 0.1) is 0 Å². The molecule has 0 atom stereocenters. The summed E-state index contributed by atoms with van der Waals surface area (Å²) in [4.78, 5) is 16.3. The molecule has 0 aliphatic heterocycles. The summed E-state index contributed by atoms with van der Waals surface area (Å²) in [7, 11) is 0. The highest BCUT2D eigenvalue weighted by molar-refractivity contribution is 7.99. The molecule has 0 spiro atoms. The smallest absolute Gasteiger partial charge is 0.316 e. The maximum atomic E-state index is 11.7. The first kappa shape index (κ1) is 19.6. The Hall–Kier alpha value is -1.69. The molecular formula is C18H18Cl2N2O2S. The van der Waals surface area contributed by atoms with E-state index in [9.17, 15) is 4.79 Å². The number of carbonyl (C=O) groups is 1. The number of rotatable bonds is 6. The topological polar surface area (TPSA) is 44.1 Å². The molecule has 0 amide bonds. The lowest BCUT2D eigenvalue weighted by Crippen LogP contribution is -2.08. The first-order chi connectivity index (χ1) is 11.7. The molecule has 3 rings (SSSR count). The van der Waals surface area contributed by atoms with E-state index in [0.29, 0.717) is 18.2 Å². The highest BCUT2D eigenvalue weighted by atomic mass is 35.5. The number of imidazole rings is 1. The number of aromatic nitrogens is 2. The number of nitrogens with zero attached hydrogens (tertiary/aromatic N) is 2. The molecule has 0 unspecified atom stereocenters. The third-order valence-electron chi connectivity index (χ3n) is 3.48. The van der Waals surface area contributed by atoms with Gasteiger partial charge in [-0.05, 0) is 30.7 Å². The summed E-state index contributed by atoms with van der Waals surface area (Å²) in [5, 5.41) is 1.43. The van der Waals surface area contributed by atoms with Gasteiger partial charge in [0.05, 0.1) is 29.9 Å². The zero-order valence-corrected chi connectivity index (χ0v) is 16.0. The van der Waals surface area contributed by atoms with Crippen LogP contribution in [0.3, 0.4) is 0 Å². The van der Waals surface area contributed by atoms with Crippen LogP contribution in [-0.4, -0.2) is 27.9 Å². The molecule has 0 N–H and O–H groups in total. The van der Waals surface area contributed by atoms with Crippen molar-refractivity contribution in [1.29, 1.82) is 0 Å². The fourth-order valence-corrected chi connectivity index (χ4v) is 3.41. The van der Waals surface area contributed by atoms with Crippen LogP contribution in [0.4, 0.5) is 0 Å². The SMILES string of the molecule is CCOC(=O)CSc1nc2cc(Cl)ccc2n1Cc1ccccc1.Cl. The molecule has 1 aromatic heterocycles. The second kappa shape index (κ2) is 9.13. The van der Waals surface area contributed by atoms with E-state index in [1.54, 1.807) is 6.92 Å². The molecule has 0 radical (unpaired) electrons. The van der Waals surface area contributed by atoms with Crippen molar-refractivity contribution in [2.45, 2.75) is 18.6 Å². The summed E-state index contributed by atoms with van der Waals surface area (Å²) < 4.78 is 7.10. The largest absolute Gasteiger partial charge is 0.465 e. The van der Waals surface area contributed by atoms with Crippen molar-refractivity contribution in [3.8, 4) is 0 Å². The minimum atomic E-state index is -0.237. The standard InChI is InChI=1S/C18H17ClN2O2S.ClH/c1-2-23-17(22)12-24-18-20-15-10-14(19)8-9-16(15)21(18)11-13-6-4-3-5-7-13;/h3-10H,2,11-12H2,1H3;1H. The fraction of sp³-hybridized carbons (Fsp3) is 0.222. The summed E-state index contributed by atoms with van der Waals surface area (Å²) in [6.45, 7) is 2.87. The predicted octanol–water partition coefficient (Wildman–Crippen LogP) is 4.82. The maximum Gasteiger partial charge on any atom is 0.316 e. The van der Waals surface area contributed by atoms with Gasteiger partial charge in [0.15, 0.2) is 5.16 Å². The molecule has 7 heteroatoms. The van der Waals surface area contributed by atoms with E-state index >= 15 is 0 Å². The number of carbonyl (C=O) groups excluding carboxylic acids is 1. The van der Waals surface area contributed by atoms with Crippen molar-refractivity contribution in [3.63, 3.8) is 0 Å². The summed E-state index contributed by atoms with van der Waals surface area (Å²) in [6, 6.07) is 15.8. The quantitative estimate of drug-likeness (QED) is 0.442. The van der Waals surface area contributed by atoms with E-state index in [0.717, 1.165) is 16.2 Å². The van der Waals surface area contributed by atoms with Gasteiger partial charge in [0.1, 0.15) is 0 Å². The van der Waals surface area contributed by atoms with E-state index in [1.807, 2.05) is 36.4 Å². The number of hydrogen-bond acceptors (Lipinski definition) is 4. The number of fused-ring (bicyclic) bond motifs is 1. The van der Waals surface area contributed by atoms with Crippen LogP contribution < -0.4 is 0 Å². The van der Waals surface area contributed by atoms with Crippen LogP contribution in [-0.2, 0) is 16.1 Å². The molecule has 0 saturated heterocycles. The first-order valence-corrected chi connectivity index (χ1v) is 9.02. The van der Waals surface area contributed by atoms with Gasteiger partial charge in [-0.2, -0.15) is 0 Å². The first-order valence-electron chi connectivity index (χ1n) is 7.65. The lowest BCUT2D eigenvalue weighted by Gasteiger charge is -2.09. The van der Waals surface area contributed by atoms with Gasteiger partial charge in [-0.1, -0.05) is 53.7 Å². The van der Waals surface area contributed by atoms with Crippen molar-refractivity contribution in [3.05, 3.63) is 59.1 Å². The van der Waals surface area contributed by atoms with Crippen LogP contribution in [0.5, 0.6) is 0 Å². The highest BCUT2D eigenvalue weighted by Crippen LogP contribution is 2.27. The average molecular weight is 397 g/mol. The molecule has 0 saturated carbocycles. The van der Waals surface area contributed by atoms with Crippen LogP contribution in [0.15, 0.2) is 53.7 Å². The Kier molecular flexibility index (Phi) is 7.17. The molecular weight excluding hydrogens is 379 g/mol. The van der Waals surface area contributed by atoms with Gasteiger partial charge in [-0.15, -0.1) is 12.4 Å². The van der Waals surface area contributed by atoms with E-state index in [-0.39, 0.29) is 24.1 Å². The Morgan fingerprint density at radius 2 is 2.00 bits per heavy atom. The van der Waals surface area contributed by atoms with Gasteiger partial charge in [-0.3, -0.25) is 4.79 Å². The molecule has 1 heterocycles. The lowest BCUT2D eigenvalue weighted by molar-refractivity contribution is -0.139. The molecule has 3 aromatic rings. The average Bonchev–Trinajstić information content (AvgIpc) is 2.91. The highest BCUT2D eigenvalue weighted by Gasteiger charge is 2.14. The van der Waals surface area contributed by atoms with Gasteiger partial charge in [0.2, 0.25) is 0 Å². The minimum Gasteiger partial charge on any atom is -0.465 e. The molecule has 0 bridgehead atoms. The van der Waals surface area contributed by atoms with Gasteiger partial charge < -0.3 is 9.30 Å². The Morgan fingerprint density at radius 1 is 1.24 bits per heavy atom. The summed E-state index contributed by atoms with van der Waals surface area (Å²) in [6.07, 6.45) is 0. The molecule has 4 nitrogen and oxygen atoms in total. The second-order valence-electron chi connectivity index (χ2n) is 5.19. The van der Waals surface area contributed by atoms with Gasteiger partial charge in [-0.25, -0.2) is 4.98 Å². The summed E-state index contributed by atoms with van der Waals surface area (Å²) in [5.41, 5.74) is 2.99. The number of hydrogen-bond donors (Lipinski definition) is 0. The summed E-state index contributed by atoms with van der Waals surface area (Å²) >= 11 is 7.46. The van der Waals surface area contributed by atoms with Gasteiger partial charge in [0, 0.05) is 5.02 Å². The summed E-state index contributed by atoms with van der Waals surface area (Å²) in [5.74, 6) is -0.00138. The number of esters is 1. The van der Waals surface area contributed by atoms with Crippen LogP contribution in [0.1, 0.15) is 12.5 Å². The Balaban J connectivity index is 0.00000225. The van der Waals surface area contributed by atoms with Gasteiger partial charge >= 0.3 is 5.97 Å². The Bertz CT molecular complexity index is 853. The number of benzene rings is 2. The maximum absolute atomic E-state index is 11.7. The molecule has 132 valence electrons. The molecule has 0 aliphatic rings. The van der Waals surface area contributed by atoms with Crippen molar-refractivity contribution in [2.24, 2.45) is 0 Å².